The van der Waals surface area contributed by atoms with E-state index in [0.29, 0.717) is 0 Å². The third kappa shape index (κ3) is 3.12. The minimum Gasteiger partial charge on any atom is -0.497 e. The zero-order valence-corrected chi connectivity index (χ0v) is 8.58. The summed E-state index contributed by atoms with van der Waals surface area (Å²) in [5.41, 5.74) is 1.20. The minimum atomic E-state index is 0.108. The molecule has 0 aromatic heterocycles. The van der Waals surface area contributed by atoms with E-state index in [9.17, 15) is 0 Å². The smallest absolute Gasteiger partial charge is 0.118 e. The number of benzene rings is 1. The lowest BCUT2D eigenvalue weighted by atomic mass is 10.2. The molecule has 0 bridgehead atoms. The lowest BCUT2D eigenvalue weighted by Crippen LogP contribution is -2.23. The van der Waals surface area contributed by atoms with Crippen LogP contribution in [0.3, 0.4) is 0 Å². The van der Waals surface area contributed by atoms with Crippen molar-refractivity contribution in [2.45, 2.75) is 19.5 Å². The van der Waals surface area contributed by atoms with Gasteiger partial charge in [0.15, 0.2) is 0 Å². The maximum Gasteiger partial charge on any atom is 0.118 e. The molecule has 0 aliphatic heterocycles. The molecule has 1 aromatic carbocycles. The highest BCUT2D eigenvalue weighted by atomic mass is 16.5. The molecule has 1 unspecified atom stereocenters. The van der Waals surface area contributed by atoms with Crippen molar-refractivity contribution in [3.63, 3.8) is 0 Å². The third-order valence-corrected chi connectivity index (χ3v) is 2.02. The number of terminal acetylenes is 1. The van der Waals surface area contributed by atoms with Gasteiger partial charge < -0.3 is 4.74 Å². The molecular weight excluding hydrogens is 174 g/mol. The van der Waals surface area contributed by atoms with Gasteiger partial charge in [-0.25, -0.2) is 0 Å². The van der Waals surface area contributed by atoms with Gasteiger partial charge in [-0.05, 0) is 24.6 Å². The molecule has 1 atom stereocenters. The number of ether oxygens (including phenoxy) is 1. The Hall–Kier alpha value is -1.46. The number of nitrogens with one attached hydrogen (secondary N) is 1. The van der Waals surface area contributed by atoms with E-state index in [-0.39, 0.29) is 6.04 Å². The van der Waals surface area contributed by atoms with Crippen molar-refractivity contribution in [3.8, 4) is 18.1 Å². The summed E-state index contributed by atoms with van der Waals surface area (Å²) in [6.45, 7) is 2.75. The molecule has 0 saturated heterocycles. The topological polar surface area (TPSA) is 21.3 Å². The van der Waals surface area contributed by atoms with Crippen LogP contribution in [0.1, 0.15) is 12.5 Å². The second-order valence-corrected chi connectivity index (χ2v) is 3.12. The Morgan fingerprint density at radius 2 is 2.07 bits per heavy atom. The van der Waals surface area contributed by atoms with Gasteiger partial charge in [-0.3, -0.25) is 5.32 Å². The molecule has 1 rings (SSSR count). The van der Waals surface area contributed by atoms with Gasteiger partial charge in [-0.15, -0.1) is 6.42 Å². The first kappa shape index (κ1) is 10.6. The SMILES string of the molecule is C#CC(C)NCc1ccc(OC)cc1. The second-order valence-electron chi connectivity index (χ2n) is 3.12. The summed E-state index contributed by atoms with van der Waals surface area (Å²) in [6, 6.07) is 8.04. The summed E-state index contributed by atoms with van der Waals surface area (Å²) >= 11 is 0. The highest BCUT2D eigenvalue weighted by Crippen LogP contribution is 2.10. The van der Waals surface area contributed by atoms with Crippen molar-refractivity contribution >= 4 is 0 Å². The average molecular weight is 189 g/mol. The third-order valence-electron chi connectivity index (χ3n) is 2.02. The van der Waals surface area contributed by atoms with E-state index < -0.39 is 0 Å². The van der Waals surface area contributed by atoms with E-state index in [4.69, 9.17) is 11.2 Å². The van der Waals surface area contributed by atoms with Gasteiger partial charge in [0.1, 0.15) is 5.75 Å². The van der Waals surface area contributed by atoms with Crippen molar-refractivity contribution in [1.29, 1.82) is 0 Å². The monoisotopic (exact) mass is 189 g/mol. The molecule has 0 radical (unpaired) electrons. The number of methoxy groups -OCH3 is 1. The summed E-state index contributed by atoms with van der Waals surface area (Å²) in [6.07, 6.45) is 5.25. The van der Waals surface area contributed by atoms with E-state index in [2.05, 4.69) is 11.2 Å². The zero-order chi connectivity index (χ0) is 10.4. The maximum absolute atomic E-state index is 5.25. The Labute approximate surface area is 85.3 Å². The van der Waals surface area contributed by atoms with Crippen LogP contribution in [0.4, 0.5) is 0 Å². The summed E-state index contributed by atoms with van der Waals surface area (Å²) in [4.78, 5) is 0. The van der Waals surface area contributed by atoms with Crippen LogP contribution in [0, 0.1) is 12.3 Å². The first-order chi connectivity index (χ1) is 6.76. The quantitative estimate of drug-likeness (QED) is 0.729. The Morgan fingerprint density at radius 1 is 1.43 bits per heavy atom. The van der Waals surface area contributed by atoms with E-state index in [1.807, 2.05) is 31.2 Å². The summed E-state index contributed by atoms with van der Waals surface area (Å²) in [7, 11) is 1.66. The Kier molecular flexibility index (Phi) is 4.03. The van der Waals surface area contributed by atoms with Crippen molar-refractivity contribution in [1.82, 2.24) is 5.32 Å². The van der Waals surface area contributed by atoms with Gasteiger partial charge in [0, 0.05) is 6.54 Å². The fourth-order valence-electron chi connectivity index (χ4n) is 1.07. The molecule has 0 fully saturated rings. The fraction of sp³-hybridized carbons (Fsp3) is 0.333. The summed E-state index contributed by atoms with van der Waals surface area (Å²) in [5.74, 6) is 3.50. The van der Waals surface area contributed by atoms with E-state index in [0.717, 1.165) is 12.3 Å². The molecule has 0 heterocycles. The standard InChI is InChI=1S/C12H15NO/c1-4-10(2)13-9-11-5-7-12(14-3)8-6-11/h1,5-8,10,13H,9H2,2-3H3. The largest absolute Gasteiger partial charge is 0.497 e. The highest BCUT2D eigenvalue weighted by molar-refractivity contribution is 5.27. The molecule has 1 aromatic rings. The predicted molar refractivity (Wildman–Crippen MR) is 58.1 cm³/mol. The molecule has 0 aliphatic rings. The minimum absolute atomic E-state index is 0.108. The lowest BCUT2D eigenvalue weighted by molar-refractivity contribution is 0.414. The van der Waals surface area contributed by atoms with E-state index in [1.165, 1.54) is 5.56 Å². The Balaban J connectivity index is 2.48. The van der Waals surface area contributed by atoms with Crippen LogP contribution in [0.2, 0.25) is 0 Å². The van der Waals surface area contributed by atoms with Crippen molar-refractivity contribution in [2.24, 2.45) is 0 Å². The fourth-order valence-corrected chi connectivity index (χ4v) is 1.07. The molecule has 0 saturated carbocycles. The molecule has 0 amide bonds. The predicted octanol–water partition coefficient (Wildman–Crippen LogP) is 1.81. The van der Waals surface area contributed by atoms with Gasteiger partial charge in [0.2, 0.25) is 0 Å². The number of hydrogen-bond acceptors (Lipinski definition) is 2. The molecule has 14 heavy (non-hydrogen) atoms. The van der Waals surface area contributed by atoms with E-state index >= 15 is 0 Å². The first-order valence-corrected chi connectivity index (χ1v) is 4.58. The van der Waals surface area contributed by atoms with E-state index in [1.54, 1.807) is 7.11 Å². The molecule has 74 valence electrons. The van der Waals surface area contributed by atoms with Crippen LogP contribution in [0.15, 0.2) is 24.3 Å². The lowest BCUT2D eigenvalue weighted by Gasteiger charge is -2.07. The van der Waals surface area contributed by atoms with Gasteiger partial charge in [-0.1, -0.05) is 18.1 Å². The van der Waals surface area contributed by atoms with Crippen LogP contribution in [0.25, 0.3) is 0 Å². The van der Waals surface area contributed by atoms with Crippen LogP contribution in [-0.4, -0.2) is 13.2 Å². The highest BCUT2D eigenvalue weighted by Gasteiger charge is 1.97. The van der Waals surface area contributed by atoms with Crippen molar-refractivity contribution in [2.75, 3.05) is 7.11 Å². The Morgan fingerprint density at radius 3 is 2.57 bits per heavy atom. The van der Waals surface area contributed by atoms with Crippen LogP contribution in [-0.2, 0) is 6.54 Å². The molecule has 2 nitrogen and oxygen atoms in total. The second kappa shape index (κ2) is 5.31. The molecule has 2 heteroatoms. The summed E-state index contributed by atoms with van der Waals surface area (Å²) < 4.78 is 5.06. The average Bonchev–Trinajstić information content (AvgIpc) is 2.26. The number of hydrogen-bond donors (Lipinski definition) is 1. The molecular formula is C12H15NO. The maximum atomic E-state index is 5.25. The number of rotatable bonds is 4. The first-order valence-electron chi connectivity index (χ1n) is 4.58. The van der Waals surface area contributed by atoms with Crippen molar-refractivity contribution < 1.29 is 4.74 Å². The zero-order valence-electron chi connectivity index (χ0n) is 8.58. The van der Waals surface area contributed by atoms with Crippen LogP contribution >= 0.6 is 0 Å². The molecule has 0 spiro atoms. The van der Waals surface area contributed by atoms with Gasteiger partial charge in [0.05, 0.1) is 13.2 Å². The normalized spacial score (nSPS) is 11.8. The van der Waals surface area contributed by atoms with Gasteiger partial charge in [-0.2, -0.15) is 0 Å². The van der Waals surface area contributed by atoms with Crippen LogP contribution in [0.5, 0.6) is 5.75 Å². The molecule has 1 N–H and O–H groups in total. The summed E-state index contributed by atoms with van der Waals surface area (Å²) in [5, 5.41) is 3.21. The Bertz CT molecular complexity index is 310. The van der Waals surface area contributed by atoms with Gasteiger partial charge in [0.25, 0.3) is 0 Å². The van der Waals surface area contributed by atoms with Crippen LogP contribution < -0.4 is 10.1 Å². The van der Waals surface area contributed by atoms with Gasteiger partial charge >= 0.3 is 0 Å². The van der Waals surface area contributed by atoms with Crippen molar-refractivity contribution in [3.05, 3.63) is 29.8 Å². The molecule has 0 aliphatic carbocycles.